The topological polar surface area (TPSA) is 59.2 Å². The molecule has 0 aliphatic heterocycles. The van der Waals surface area contributed by atoms with Crippen molar-refractivity contribution in [2.45, 2.75) is 26.9 Å². The van der Waals surface area contributed by atoms with E-state index in [0.717, 1.165) is 12.1 Å². The van der Waals surface area contributed by atoms with Crippen LogP contribution >= 0.6 is 0 Å². The fraction of sp³-hybridized carbons (Fsp3) is 0.538. The van der Waals surface area contributed by atoms with E-state index in [-0.39, 0.29) is 16.8 Å². The Bertz CT molecular complexity index is 507. The molecule has 0 saturated carbocycles. The molecule has 0 atom stereocenters. The van der Waals surface area contributed by atoms with Gasteiger partial charge in [-0.1, -0.05) is 20.8 Å². The number of amides is 1. The van der Waals surface area contributed by atoms with Gasteiger partial charge in [-0.25, -0.2) is 4.98 Å². The number of aromatic nitrogens is 1. The first-order valence-corrected chi connectivity index (χ1v) is 6.01. The molecule has 20 heavy (non-hydrogen) atoms. The Hall–Kier alpha value is -1.79. The van der Waals surface area contributed by atoms with Crippen LogP contribution in [0.25, 0.3) is 0 Å². The number of carbonyl (C=O) groups excluding carboxylic acids is 1. The largest absolute Gasteiger partial charge is 0.433 e. The zero-order chi connectivity index (χ0) is 15.7. The number of halogens is 3. The molecule has 0 unspecified atom stereocenters. The van der Waals surface area contributed by atoms with E-state index in [1.165, 1.54) is 4.90 Å². The van der Waals surface area contributed by atoms with Gasteiger partial charge in [0, 0.05) is 13.6 Å². The Morgan fingerprint density at radius 3 is 2.25 bits per heavy atom. The van der Waals surface area contributed by atoms with E-state index in [2.05, 4.69) is 4.98 Å². The molecule has 0 saturated heterocycles. The predicted molar refractivity (Wildman–Crippen MR) is 70.5 cm³/mol. The Labute approximate surface area is 115 Å². The maximum Gasteiger partial charge on any atom is 0.433 e. The van der Waals surface area contributed by atoms with Gasteiger partial charge in [0.2, 0.25) is 0 Å². The van der Waals surface area contributed by atoms with E-state index in [1.807, 2.05) is 20.8 Å². The molecule has 1 aromatic heterocycles. The number of pyridine rings is 1. The molecular weight excluding hydrogens is 271 g/mol. The first-order chi connectivity index (χ1) is 8.92. The fourth-order valence-corrected chi connectivity index (χ4v) is 1.88. The van der Waals surface area contributed by atoms with Crippen LogP contribution in [-0.2, 0) is 6.18 Å². The second-order valence-electron chi connectivity index (χ2n) is 5.85. The van der Waals surface area contributed by atoms with Crippen molar-refractivity contribution >= 4 is 11.7 Å². The van der Waals surface area contributed by atoms with Gasteiger partial charge in [-0.3, -0.25) is 4.79 Å². The van der Waals surface area contributed by atoms with Gasteiger partial charge in [0.25, 0.3) is 5.91 Å². The van der Waals surface area contributed by atoms with Crippen LogP contribution in [0.15, 0.2) is 12.1 Å². The second kappa shape index (κ2) is 5.30. The molecule has 0 fully saturated rings. The first kappa shape index (κ1) is 16.3. The summed E-state index contributed by atoms with van der Waals surface area (Å²) < 4.78 is 38.1. The van der Waals surface area contributed by atoms with E-state index >= 15 is 0 Å². The molecule has 0 aromatic carbocycles. The molecule has 0 aliphatic rings. The summed E-state index contributed by atoms with van der Waals surface area (Å²) in [5.41, 5.74) is 3.95. The predicted octanol–water partition coefficient (Wildman–Crippen LogP) is 2.68. The maximum atomic E-state index is 12.7. The molecule has 1 aromatic rings. The van der Waals surface area contributed by atoms with Gasteiger partial charge >= 0.3 is 6.18 Å². The smallest absolute Gasteiger partial charge is 0.365 e. The Kier molecular flexibility index (Phi) is 4.31. The van der Waals surface area contributed by atoms with Gasteiger partial charge in [0.05, 0.1) is 5.56 Å². The summed E-state index contributed by atoms with van der Waals surface area (Å²) in [7, 11) is 1.58. The number of nitrogens with zero attached hydrogens (tertiary/aromatic N) is 2. The lowest BCUT2D eigenvalue weighted by Crippen LogP contribution is -2.32. The van der Waals surface area contributed by atoms with Gasteiger partial charge in [-0.05, 0) is 17.5 Å². The van der Waals surface area contributed by atoms with E-state index in [0.29, 0.717) is 6.54 Å². The molecule has 1 rings (SSSR count). The molecule has 2 N–H and O–H groups in total. The molecule has 112 valence electrons. The average Bonchev–Trinajstić information content (AvgIpc) is 2.24. The molecule has 1 heterocycles. The first-order valence-electron chi connectivity index (χ1n) is 6.01. The Morgan fingerprint density at radius 2 is 1.85 bits per heavy atom. The van der Waals surface area contributed by atoms with Crippen LogP contribution in [0.5, 0.6) is 0 Å². The highest BCUT2D eigenvalue weighted by Gasteiger charge is 2.34. The van der Waals surface area contributed by atoms with Crippen molar-refractivity contribution in [3.8, 4) is 0 Å². The summed E-state index contributed by atoms with van der Waals surface area (Å²) in [5, 5.41) is 0. The van der Waals surface area contributed by atoms with Crippen molar-refractivity contribution in [1.82, 2.24) is 4.98 Å². The Morgan fingerprint density at radius 1 is 1.30 bits per heavy atom. The zero-order valence-electron chi connectivity index (χ0n) is 11.9. The minimum absolute atomic E-state index is 0.0234. The van der Waals surface area contributed by atoms with Crippen molar-refractivity contribution in [3.05, 3.63) is 23.4 Å². The van der Waals surface area contributed by atoms with E-state index < -0.39 is 17.8 Å². The highest BCUT2D eigenvalue weighted by atomic mass is 19.4. The molecule has 4 nitrogen and oxygen atoms in total. The molecule has 7 heteroatoms. The molecular formula is C13H18F3N3O. The molecule has 0 aliphatic carbocycles. The van der Waals surface area contributed by atoms with Crippen LogP contribution < -0.4 is 10.6 Å². The quantitative estimate of drug-likeness (QED) is 0.930. The van der Waals surface area contributed by atoms with Crippen LogP contribution in [0, 0.1) is 5.41 Å². The van der Waals surface area contributed by atoms with E-state index in [9.17, 15) is 18.0 Å². The zero-order valence-corrected chi connectivity index (χ0v) is 11.9. The van der Waals surface area contributed by atoms with Gasteiger partial charge in [-0.15, -0.1) is 0 Å². The van der Waals surface area contributed by atoms with Crippen LogP contribution in [-0.4, -0.2) is 24.5 Å². The van der Waals surface area contributed by atoms with Crippen molar-refractivity contribution in [2.75, 3.05) is 18.5 Å². The molecule has 1 amide bonds. The fourth-order valence-electron chi connectivity index (χ4n) is 1.88. The summed E-state index contributed by atoms with van der Waals surface area (Å²) in [6.45, 7) is 6.23. The molecule has 0 spiro atoms. The minimum Gasteiger partial charge on any atom is -0.365 e. The Balaban J connectivity index is 3.29. The molecule has 0 bridgehead atoms. The van der Waals surface area contributed by atoms with E-state index in [1.54, 1.807) is 7.05 Å². The normalized spacial score (nSPS) is 12.3. The van der Waals surface area contributed by atoms with Crippen molar-refractivity contribution in [2.24, 2.45) is 11.1 Å². The third kappa shape index (κ3) is 4.11. The van der Waals surface area contributed by atoms with Gasteiger partial charge in [-0.2, -0.15) is 13.2 Å². The lowest BCUT2D eigenvalue weighted by atomic mass is 9.96. The lowest BCUT2D eigenvalue weighted by molar-refractivity contribution is -0.141. The van der Waals surface area contributed by atoms with E-state index in [4.69, 9.17) is 5.73 Å². The van der Waals surface area contributed by atoms with Crippen LogP contribution in [0.2, 0.25) is 0 Å². The summed E-state index contributed by atoms with van der Waals surface area (Å²) >= 11 is 0. The summed E-state index contributed by atoms with van der Waals surface area (Å²) in [6.07, 6.45) is -4.56. The number of anilines is 1. The van der Waals surface area contributed by atoms with Crippen molar-refractivity contribution < 1.29 is 18.0 Å². The summed E-state index contributed by atoms with van der Waals surface area (Å²) in [4.78, 5) is 16.4. The number of hydrogen-bond acceptors (Lipinski definition) is 3. The minimum atomic E-state index is -4.56. The SMILES string of the molecule is CN(CC(C)(C)C)c1nc(C(F)(F)F)ccc1C(N)=O. The standard InChI is InChI=1S/C13H18F3N3O/c1-12(2,3)7-19(4)11-8(10(17)20)5-6-9(18-11)13(14,15)16/h5-6H,7H2,1-4H3,(H2,17,20). The van der Waals surface area contributed by atoms with Crippen molar-refractivity contribution in [3.63, 3.8) is 0 Å². The number of rotatable bonds is 3. The number of primary amides is 1. The highest BCUT2D eigenvalue weighted by molar-refractivity contribution is 5.97. The van der Waals surface area contributed by atoms with Crippen LogP contribution in [0.3, 0.4) is 0 Å². The lowest BCUT2D eigenvalue weighted by Gasteiger charge is -2.28. The molecule has 0 radical (unpaired) electrons. The summed E-state index contributed by atoms with van der Waals surface area (Å²) in [6, 6.07) is 1.82. The average molecular weight is 289 g/mol. The number of hydrogen-bond donors (Lipinski definition) is 1. The third-order valence-corrected chi connectivity index (χ3v) is 2.50. The summed E-state index contributed by atoms with van der Waals surface area (Å²) in [5.74, 6) is -0.857. The number of carbonyl (C=O) groups is 1. The monoisotopic (exact) mass is 289 g/mol. The van der Waals surface area contributed by atoms with Crippen LogP contribution in [0.4, 0.5) is 19.0 Å². The number of alkyl halides is 3. The second-order valence-corrected chi connectivity index (χ2v) is 5.85. The third-order valence-electron chi connectivity index (χ3n) is 2.50. The van der Waals surface area contributed by atoms with Crippen molar-refractivity contribution in [1.29, 1.82) is 0 Å². The van der Waals surface area contributed by atoms with Gasteiger partial charge < -0.3 is 10.6 Å². The highest BCUT2D eigenvalue weighted by Crippen LogP contribution is 2.31. The maximum absolute atomic E-state index is 12.7. The van der Waals surface area contributed by atoms with Gasteiger partial charge in [0.15, 0.2) is 0 Å². The van der Waals surface area contributed by atoms with Gasteiger partial charge in [0.1, 0.15) is 11.5 Å². The van der Waals surface area contributed by atoms with Crippen LogP contribution in [0.1, 0.15) is 36.8 Å². The number of nitrogens with two attached hydrogens (primary N) is 1.